The summed E-state index contributed by atoms with van der Waals surface area (Å²) in [7, 11) is 0. The number of nitrogens with zero attached hydrogens (tertiary/aromatic N) is 1. The molecule has 1 aliphatic rings. The van der Waals surface area contributed by atoms with Crippen molar-refractivity contribution in [1.29, 1.82) is 0 Å². The molecule has 6 heteroatoms. The zero-order valence-electron chi connectivity index (χ0n) is 12.6. The van der Waals surface area contributed by atoms with Gasteiger partial charge < -0.3 is 15.4 Å². The molecule has 118 valence electrons. The van der Waals surface area contributed by atoms with Crippen LogP contribution in [0.4, 0.5) is 11.4 Å². The summed E-state index contributed by atoms with van der Waals surface area (Å²) in [6.07, 6.45) is 1.55. The van der Waals surface area contributed by atoms with Crippen molar-refractivity contribution in [3.8, 4) is 5.75 Å². The van der Waals surface area contributed by atoms with E-state index in [-0.39, 0.29) is 18.4 Å². The van der Waals surface area contributed by atoms with E-state index in [1.807, 2.05) is 24.3 Å². The van der Waals surface area contributed by atoms with Gasteiger partial charge in [-0.15, -0.1) is 0 Å². The van der Waals surface area contributed by atoms with Crippen LogP contribution in [0, 0.1) is 0 Å². The maximum absolute atomic E-state index is 12.4. The van der Waals surface area contributed by atoms with E-state index in [4.69, 9.17) is 4.74 Å². The number of amides is 2. The molecule has 6 nitrogen and oxygen atoms in total. The number of carbonyl (C=O) groups excluding carboxylic acids is 2. The van der Waals surface area contributed by atoms with E-state index in [0.29, 0.717) is 22.7 Å². The molecule has 0 spiro atoms. The average Bonchev–Trinajstić information content (AvgIpc) is 2.61. The monoisotopic (exact) mass is 319 g/mol. The number of carbonyl (C=O) groups is 2. The molecule has 4 rings (SSSR count). The van der Waals surface area contributed by atoms with Gasteiger partial charge in [-0.2, -0.15) is 0 Å². The molecule has 2 N–H and O–H groups in total. The summed E-state index contributed by atoms with van der Waals surface area (Å²) in [5, 5.41) is 6.42. The molecule has 0 bridgehead atoms. The highest BCUT2D eigenvalue weighted by Crippen LogP contribution is 2.30. The maximum Gasteiger partial charge on any atom is 0.262 e. The van der Waals surface area contributed by atoms with Crippen molar-refractivity contribution in [2.24, 2.45) is 0 Å². The number of benzene rings is 2. The number of hydrogen-bond acceptors (Lipinski definition) is 4. The average molecular weight is 319 g/mol. The van der Waals surface area contributed by atoms with E-state index in [9.17, 15) is 9.59 Å². The Bertz CT molecular complexity index is 969. The third-order valence-electron chi connectivity index (χ3n) is 3.73. The van der Waals surface area contributed by atoms with Crippen LogP contribution in [0.5, 0.6) is 5.75 Å². The van der Waals surface area contributed by atoms with E-state index in [1.165, 1.54) is 0 Å². The van der Waals surface area contributed by atoms with Crippen LogP contribution in [0.1, 0.15) is 10.4 Å². The third-order valence-corrected chi connectivity index (χ3v) is 3.73. The van der Waals surface area contributed by atoms with Crippen molar-refractivity contribution in [2.45, 2.75) is 0 Å². The Morgan fingerprint density at radius 3 is 2.96 bits per heavy atom. The number of pyridine rings is 1. The SMILES string of the molecule is O=C1COc2cc(NC(=O)c3cnc4ccccc4c3)ccc2N1. The first-order valence-electron chi connectivity index (χ1n) is 7.42. The maximum atomic E-state index is 12.4. The van der Waals surface area contributed by atoms with Crippen molar-refractivity contribution >= 4 is 34.1 Å². The predicted molar refractivity (Wildman–Crippen MR) is 90.3 cm³/mol. The Kier molecular flexibility index (Phi) is 3.35. The molecule has 1 aromatic heterocycles. The van der Waals surface area contributed by atoms with E-state index >= 15 is 0 Å². The fourth-order valence-corrected chi connectivity index (χ4v) is 2.55. The smallest absolute Gasteiger partial charge is 0.262 e. The second-order valence-corrected chi connectivity index (χ2v) is 5.42. The second-order valence-electron chi connectivity index (χ2n) is 5.42. The zero-order chi connectivity index (χ0) is 16.5. The van der Waals surface area contributed by atoms with Gasteiger partial charge in [0.15, 0.2) is 6.61 Å². The standard InChI is InChI=1S/C18H13N3O3/c22-17-10-24-16-8-13(5-6-15(16)21-17)20-18(23)12-7-11-3-1-2-4-14(11)19-9-12/h1-9H,10H2,(H,20,23)(H,21,22). The van der Waals surface area contributed by atoms with Crippen LogP contribution >= 0.6 is 0 Å². The molecule has 2 aromatic carbocycles. The molecular formula is C18H13N3O3. The quantitative estimate of drug-likeness (QED) is 0.761. The summed E-state index contributed by atoms with van der Waals surface area (Å²) in [5.41, 5.74) is 2.49. The first-order valence-corrected chi connectivity index (χ1v) is 7.42. The summed E-state index contributed by atoms with van der Waals surface area (Å²) in [6.45, 7) is -0.0288. The van der Waals surface area contributed by atoms with Crippen molar-refractivity contribution < 1.29 is 14.3 Å². The summed E-state index contributed by atoms with van der Waals surface area (Å²) in [6, 6.07) is 14.5. The molecule has 24 heavy (non-hydrogen) atoms. The van der Waals surface area contributed by atoms with Gasteiger partial charge in [-0.25, -0.2) is 0 Å². The van der Waals surface area contributed by atoms with Gasteiger partial charge in [0, 0.05) is 23.3 Å². The topological polar surface area (TPSA) is 80.3 Å². The summed E-state index contributed by atoms with van der Waals surface area (Å²) in [4.78, 5) is 28.0. The Labute approximate surface area is 137 Å². The minimum atomic E-state index is -0.256. The normalized spacial score (nSPS) is 12.9. The van der Waals surface area contributed by atoms with Crippen molar-refractivity contribution in [3.05, 3.63) is 60.3 Å². The van der Waals surface area contributed by atoms with Gasteiger partial charge in [-0.3, -0.25) is 14.6 Å². The summed E-state index contributed by atoms with van der Waals surface area (Å²) in [5.74, 6) is 0.0820. The lowest BCUT2D eigenvalue weighted by Crippen LogP contribution is -2.25. The Balaban J connectivity index is 1.58. The Hall–Kier alpha value is -3.41. The van der Waals surface area contributed by atoms with Crippen LogP contribution in [-0.2, 0) is 4.79 Å². The molecule has 0 radical (unpaired) electrons. The summed E-state index contributed by atoms with van der Waals surface area (Å²) >= 11 is 0. The highest BCUT2D eigenvalue weighted by Gasteiger charge is 2.16. The van der Waals surface area contributed by atoms with Crippen LogP contribution in [0.3, 0.4) is 0 Å². The molecule has 2 heterocycles. The van der Waals surface area contributed by atoms with Crippen LogP contribution in [0.2, 0.25) is 0 Å². The number of ether oxygens (including phenoxy) is 1. The highest BCUT2D eigenvalue weighted by atomic mass is 16.5. The van der Waals surface area contributed by atoms with Gasteiger partial charge in [0.2, 0.25) is 0 Å². The van der Waals surface area contributed by atoms with Crippen molar-refractivity contribution in [2.75, 3.05) is 17.2 Å². The molecule has 0 unspecified atom stereocenters. The molecule has 0 saturated carbocycles. The van der Waals surface area contributed by atoms with Gasteiger partial charge in [0.05, 0.1) is 16.8 Å². The number of anilines is 2. The fraction of sp³-hybridized carbons (Fsp3) is 0.0556. The zero-order valence-corrected chi connectivity index (χ0v) is 12.6. The van der Waals surface area contributed by atoms with Gasteiger partial charge in [0.1, 0.15) is 5.75 Å². The predicted octanol–water partition coefficient (Wildman–Crippen LogP) is 2.82. The molecule has 1 aliphatic heterocycles. The molecule has 0 fully saturated rings. The highest BCUT2D eigenvalue weighted by molar-refractivity contribution is 6.06. The first-order chi connectivity index (χ1) is 11.7. The lowest BCUT2D eigenvalue weighted by Gasteiger charge is -2.18. The van der Waals surface area contributed by atoms with Crippen LogP contribution in [0.25, 0.3) is 10.9 Å². The van der Waals surface area contributed by atoms with Crippen LogP contribution in [-0.4, -0.2) is 23.4 Å². The van der Waals surface area contributed by atoms with Crippen LogP contribution < -0.4 is 15.4 Å². The minimum absolute atomic E-state index is 0.0288. The number of aromatic nitrogens is 1. The number of nitrogens with one attached hydrogen (secondary N) is 2. The van der Waals surface area contributed by atoms with Crippen molar-refractivity contribution in [1.82, 2.24) is 4.98 Å². The lowest BCUT2D eigenvalue weighted by molar-refractivity contribution is -0.118. The molecule has 2 amide bonds. The van der Waals surface area contributed by atoms with E-state index in [2.05, 4.69) is 15.6 Å². The van der Waals surface area contributed by atoms with E-state index in [1.54, 1.807) is 30.5 Å². The Morgan fingerprint density at radius 2 is 2.04 bits per heavy atom. The van der Waals surface area contributed by atoms with Gasteiger partial charge in [-0.1, -0.05) is 18.2 Å². The Morgan fingerprint density at radius 1 is 1.17 bits per heavy atom. The van der Waals surface area contributed by atoms with E-state index < -0.39 is 0 Å². The van der Waals surface area contributed by atoms with E-state index in [0.717, 1.165) is 10.9 Å². The molecule has 3 aromatic rings. The molecule has 0 aliphatic carbocycles. The van der Waals surface area contributed by atoms with Gasteiger partial charge in [0.25, 0.3) is 11.8 Å². The summed E-state index contributed by atoms with van der Waals surface area (Å²) < 4.78 is 5.35. The third kappa shape index (κ3) is 2.65. The number of rotatable bonds is 2. The first kappa shape index (κ1) is 14.2. The fourth-order valence-electron chi connectivity index (χ4n) is 2.55. The molecule has 0 atom stereocenters. The number of para-hydroxylation sites is 1. The lowest BCUT2D eigenvalue weighted by atomic mass is 10.1. The largest absolute Gasteiger partial charge is 0.482 e. The number of fused-ring (bicyclic) bond motifs is 2. The van der Waals surface area contributed by atoms with Gasteiger partial charge in [-0.05, 0) is 24.3 Å². The van der Waals surface area contributed by atoms with Crippen molar-refractivity contribution in [3.63, 3.8) is 0 Å². The van der Waals surface area contributed by atoms with Crippen LogP contribution in [0.15, 0.2) is 54.7 Å². The number of hydrogen-bond donors (Lipinski definition) is 2. The molecule has 0 saturated heterocycles. The molecular weight excluding hydrogens is 306 g/mol. The van der Waals surface area contributed by atoms with Gasteiger partial charge >= 0.3 is 0 Å². The minimum Gasteiger partial charge on any atom is -0.482 e. The second kappa shape index (κ2) is 5.66.